The number of anilines is 1. The van der Waals surface area contributed by atoms with E-state index in [1.165, 1.54) is 0 Å². The van der Waals surface area contributed by atoms with Crippen LogP contribution in [0.5, 0.6) is 0 Å². The molecular formula is C15H23ClN4O3. The molecule has 3 amide bonds. The zero-order chi connectivity index (χ0) is 16.7. The minimum absolute atomic E-state index is 0. The first-order valence-corrected chi connectivity index (χ1v) is 7.00. The highest BCUT2D eigenvalue weighted by Crippen LogP contribution is 2.09. The summed E-state index contributed by atoms with van der Waals surface area (Å²) in [5, 5.41) is 5.12. The quantitative estimate of drug-likeness (QED) is 0.563. The summed E-state index contributed by atoms with van der Waals surface area (Å²) >= 11 is 0. The minimum atomic E-state index is -0.638. The average Bonchev–Trinajstić information content (AvgIpc) is 2.45. The van der Waals surface area contributed by atoms with E-state index in [0.717, 1.165) is 5.56 Å². The van der Waals surface area contributed by atoms with E-state index in [4.69, 9.17) is 11.5 Å². The molecule has 0 aromatic heterocycles. The maximum Gasteiger partial charge on any atom is 0.243 e. The number of nitrogens with one attached hydrogen (secondary N) is 2. The van der Waals surface area contributed by atoms with E-state index in [1.54, 1.807) is 24.3 Å². The normalized spacial score (nSPS) is 11.3. The Hall–Kier alpha value is -2.12. The van der Waals surface area contributed by atoms with Crippen LogP contribution in [-0.4, -0.2) is 30.3 Å². The molecule has 0 fully saturated rings. The maximum absolute atomic E-state index is 11.7. The first-order valence-electron chi connectivity index (χ1n) is 7.00. The van der Waals surface area contributed by atoms with Gasteiger partial charge in [-0.15, -0.1) is 12.4 Å². The number of hydrogen-bond donors (Lipinski definition) is 4. The van der Waals surface area contributed by atoms with Crippen LogP contribution in [0.25, 0.3) is 0 Å². The highest BCUT2D eigenvalue weighted by Gasteiger charge is 2.17. The Morgan fingerprint density at radius 2 is 1.70 bits per heavy atom. The molecule has 7 nitrogen and oxygen atoms in total. The van der Waals surface area contributed by atoms with Gasteiger partial charge in [-0.3, -0.25) is 14.4 Å². The van der Waals surface area contributed by atoms with Gasteiger partial charge in [-0.25, -0.2) is 0 Å². The van der Waals surface area contributed by atoms with Crippen LogP contribution in [0.3, 0.4) is 0 Å². The van der Waals surface area contributed by atoms with Crippen molar-refractivity contribution in [3.63, 3.8) is 0 Å². The van der Waals surface area contributed by atoms with Crippen molar-refractivity contribution < 1.29 is 14.4 Å². The fourth-order valence-corrected chi connectivity index (χ4v) is 1.70. The van der Waals surface area contributed by atoms with Crippen molar-refractivity contribution >= 4 is 35.8 Å². The average molecular weight is 343 g/mol. The molecule has 0 aliphatic carbocycles. The second-order valence-electron chi connectivity index (χ2n) is 5.38. The number of nitrogens with two attached hydrogens (primary N) is 2. The van der Waals surface area contributed by atoms with Crippen LogP contribution in [-0.2, 0) is 20.8 Å². The van der Waals surface area contributed by atoms with E-state index in [1.807, 2.05) is 13.8 Å². The first-order chi connectivity index (χ1) is 10.3. The monoisotopic (exact) mass is 342 g/mol. The number of rotatable bonds is 7. The van der Waals surface area contributed by atoms with E-state index < -0.39 is 11.9 Å². The SMILES string of the molecule is CC(C)[C@H](N)C(=O)NCC(=O)Nc1ccc(CC(N)=O)cc1.Cl. The van der Waals surface area contributed by atoms with Crippen molar-refractivity contribution in [2.45, 2.75) is 26.3 Å². The number of carbonyl (C=O) groups excluding carboxylic acids is 3. The van der Waals surface area contributed by atoms with Crippen molar-refractivity contribution in [1.29, 1.82) is 0 Å². The molecule has 0 heterocycles. The van der Waals surface area contributed by atoms with Crippen molar-refractivity contribution in [1.82, 2.24) is 5.32 Å². The van der Waals surface area contributed by atoms with Crippen molar-refractivity contribution in [2.24, 2.45) is 17.4 Å². The van der Waals surface area contributed by atoms with E-state index in [2.05, 4.69) is 10.6 Å². The molecule has 1 aromatic rings. The molecule has 0 saturated carbocycles. The topological polar surface area (TPSA) is 127 Å². The van der Waals surface area contributed by atoms with Crippen LogP contribution < -0.4 is 22.1 Å². The maximum atomic E-state index is 11.7. The third kappa shape index (κ3) is 7.62. The second-order valence-corrected chi connectivity index (χ2v) is 5.38. The van der Waals surface area contributed by atoms with Crippen molar-refractivity contribution in [3.05, 3.63) is 29.8 Å². The lowest BCUT2D eigenvalue weighted by Gasteiger charge is -2.15. The second kappa shape index (κ2) is 9.81. The molecule has 0 aliphatic heterocycles. The zero-order valence-corrected chi connectivity index (χ0v) is 14.0. The van der Waals surface area contributed by atoms with Crippen LogP contribution in [0.4, 0.5) is 5.69 Å². The molecule has 0 radical (unpaired) electrons. The van der Waals surface area contributed by atoms with Crippen LogP contribution in [0.1, 0.15) is 19.4 Å². The van der Waals surface area contributed by atoms with E-state index >= 15 is 0 Å². The lowest BCUT2D eigenvalue weighted by Crippen LogP contribution is -2.46. The van der Waals surface area contributed by atoms with Gasteiger partial charge in [0.2, 0.25) is 17.7 Å². The smallest absolute Gasteiger partial charge is 0.243 e. The first kappa shape index (κ1) is 20.9. The van der Waals surface area contributed by atoms with E-state index in [0.29, 0.717) is 5.69 Å². The molecule has 0 saturated heterocycles. The molecular weight excluding hydrogens is 320 g/mol. The van der Waals surface area contributed by atoms with Crippen molar-refractivity contribution in [3.8, 4) is 0 Å². The van der Waals surface area contributed by atoms with Gasteiger partial charge in [0.1, 0.15) is 0 Å². The van der Waals surface area contributed by atoms with Gasteiger partial charge in [0.15, 0.2) is 0 Å². The largest absolute Gasteiger partial charge is 0.369 e. The number of primary amides is 1. The summed E-state index contributed by atoms with van der Waals surface area (Å²) < 4.78 is 0. The van der Waals surface area contributed by atoms with Crippen molar-refractivity contribution in [2.75, 3.05) is 11.9 Å². The zero-order valence-electron chi connectivity index (χ0n) is 13.2. The highest BCUT2D eigenvalue weighted by molar-refractivity contribution is 5.95. The Labute approximate surface area is 141 Å². The van der Waals surface area contributed by atoms with Gasteiger partial charge in [0, 0.05) is 5.69 Å². The Bertz CT molecular complexity index is 546. The third-order valence-corrected chi connectivity index (χ3v) is 3.06. The molecule has 6 N–H and O–H groups in total. The molecule has 0 spiro atoms. The van der Waals surface area contributed by atoms with Gasteiger partial charge >= 0.3 is 0 Å². The third-order valence-electron chi connectivity index (χ3n) is 3.06. The number of amides is 3. The Kier molecular flexibility index (Phi) is 8.90. The number of carbonyl (C=O) groups is 3. The predicted molar refractivity (Wildman–Crippen MR) is 91.0 cm³/mol. The summed E-state index contributed by atoms with van der Waals surface area (Å²) in [6.07, 6.45) is 0.150. The molecule has 128 valence electrons. The summed E-state index contributed by atoms with van der Waals surface area (Å²) in [5.74, 6) is -1.13. The Balaban J connectivity index is 0.00000484. The summed E-state index contributed by atoms with van der Waals surface area (Å²) in [7, 11) is 0. The van der Waals surface area contributed by atoms with Gasteiger partial charge in [-0.05, 0) is 23.6 Å². The van der Waals surface area contributed by atoms with Gasteiger partial charge < -0.3 is 22.1 Å². The summed E-state index contributed by atoms with van der Waals surface area (Å²) in [6.45, 7) is 3.51. The van der Waals surface area contributed by atoms with Gasteiger partial charge in [0.05, 0.1) is 19.0 Å². The molecule has 0 unspecified atom stereocenters. The Morgan fingerprint density at radius 3 is 2.17 bits per heavy atom. The number of halogens is 1. The van der Waals surface area contributed by atoms with Crippen LogP contribution in [0.2, 0.25) is 0 Å². The van der Waals surface area contributed by atoms with Gasteiger partial charge in [0.25, 0.3) is 0 Å². The fraction of sp³-hybridized carbons (Fsp3) is 0.400. The van der Waals surface area contributed by atoms with Crippen LogP contribution >= 0.6 is 12.4 Å². The molecule has 1 atom stereocenters. The molecule has 23 heavy (non-hydrogen) atoms. The molecule has 0 aliphatic rings. The molecule has 8 heteroatoms. The van der Waals surface area contributed by atoms with Gasteiger partial charge in [-0.2, -0.15) is 0 Å². The standard InChI is InChI=1S/C15H22N4O3.ClH/c1-9(2)14(17)15(22)18-8-13(21)19-11-5-3-10(4-6-11)7-12(16)20;/h3-6,9,14H,7-8,17H2,1-2H3,(H2,16,20)(H,18,22)(H,19,21);1H/t14-;/m0./s1. The van der Waals surface area contributed by atoms with E-state index in [-0.39, 0.29) is 43.1 Å². The van der Waals surface area contributed by atoms with Crippen LogP contribution in [0.15, 0.2) is 24.3 Å². The molecule has 1 rings (SSSR count). The Morgan fingerprint density at radius 1 is 1.13 bits per heavy atom. The number of hydrogen-bond acceptors (Lipinski definition) is 4. The number of benzene rings is 1. The summed E-state index contributed by atoms with van der Waals surface area (Å²) in [6, 6.07) is 6.10. The minimum Gasteiger partial charge on any atom is -0.369 e. The van der Waals surface area contributed by atoms with Crippen LogP contribution in [0, 0.1) is 5.92 Å². The van der Waals surface area contributed by atoms with E-state index in [9.17, 15) is 14.4 Å². The summed E-state index contributed by atoms with van der Waals surface area (Å²) in [5.41, 5.74) is 12.1. The molecule has 0 bridgehead atoms. The van der Waals surface area contributed by atoms with Gasteiger partial charge in [-0.1, -0.05) is 26.0 Å². The predicted octanol–water partition coefficient (Wildman–Crippen LogP) is 0.174. The summed E-state index contributed by atoms with van der Waals surface area (Å²) in [4.78, 5) is 34.1. The highest BCUT2D eigenvalue weighted by atomic mass is 35.5. The lowest BCUT2D eigenvalue weighted by molar-refractivity contribution is -0.125. The molecule has 1 aromatic carbocycles. The lowest BCUT2D eigenvalue weighted by atomic mass is 10.1. The fourth-order valence-electron chi connectivity index (χ4n) is 1.70.